The van der Waals surface area contributed by atoms with Gasteiger partial charge in [-0.2, -0.15) is 0 Å². The zero-order chi connectivity index (χ0) is 81.3. The Kier molecular flexibility index (Phi) is 21.3. The molecule has 578 valence electrons. The highest BCUT2D eigenvalue weighted by Gasteiger charge is 2.46. The number of hydrogen-bond acceptors (Lipinski definition) is 8. The summed E-state index contributed by atoms with van der Waals surface area (Å²) in [6.45, 7) is 0. The molecule has 1 aliphatic rings. The van der Waals surface area contributed by atoms with Gasteiger partial charge in [-0.05, 0) is 208 Å². The molecule has 0 amide bonds. The van der Waals surface area contributed by atoms with Gasteiger partial charge in [0.15, 0.2) is 0 Å². The fraction of sp³-hybridized carbons (Fsp3) is 0.0177. The van der Waals surface area contributed by atoms with Crippen LogP contribution in [0, 0.1) is 0 Å². The van der Waals surface area contributed by atoms with Crippen LogP contribution in [-0.4, -0.2) is 30.1 Å². The minimum absolute atomic E-state index is 0.608. The van der Waals surface area contributed by atoms with Crippen molar-refractivity contribution in [1.29, 1.82) is 0 Å². The molecule has 0 saturated heterocycles. The van der Waals surface area contributed by atoms with E-state index >= 15 is 0 Å². The van der Waals surface area contributed by atoms with Crippen LogP contribution >= 0.6 is 0 Å². The number of benzene rings is 18. The third kappa shape index (κ3) is 15.2. The van der Waals surface area contributed by atoms with Crippen LogP contribution in [0.3, 0.4) is 0 Å². The number of fused-ring (bicyclic) bond motifs is 8. The van der Waals surface area contributed by atoms with Crippen molar-refractivity contribution < 1.29 is 11.4 Å². The standard InChI is InChI=1S/C44H32N2.C42H30.3C9H7NO.Al/c1-3-17-37(18-4-1)45(43-23-11-15-35-13-7-9-21-41(35)43)39-29-25-33(26-30-39)34-27-31-40(32-28-34)46(38-19-5-2-6-20-38)44-24-12-16-36-14-8-10-22-42(36)44;1-5-17-29(18-6-1)37-33-25-13-14-26-34(33)39(31-21-9-3-10-22-31)42-40(32-23-11-4-12-24-32)36-28-16-15-27-35(36)38(41(37)42)30-19-7-2-8-20-30;3*11-8-5-1-3-7-4-2-6-10-9(7)8;/h1-32H;1-14,17-28H,15-16H2;3*1-6,11H;/q;;;;;+3/p-3. The van der Waals surface area contributed by atoms with Crippen molar-refractivity contribution in [2.45, 2.75) is 12.8 Å². The fourth-order valence-electron chi connectivity index (χ4n) is 17.3. The first-order valence-electron chi connectivity index (χ1n) is 41.4. The first-order chi connectivity index (χ1) is 60.6. The maximum Gasteiger partial charge on any atom is 1.20 e. The molecule has 122 heavy (non-hydrogen) atoms. The summed E-state index contributed by atoms with van der Waals surface area (Å²) >= 11 is -2.86. The Morgan fingerprint density at radius 3 is 0.836 bits per heavy atom. The van der Waals surface area contributed by atoms with Crippen LogP contribution in [0.25, 0.3) is 144 Å². The molecule has 0 spiro atoms. The van der Waals surface area contributed by atoms with E-state index in [1.165, 1.54) is 109 Å². The number of nitrogens with zero attached hydrogens (tertiary/aromatic N) is 5. The molecule has 0 radical (unpaired) electrons. The molecule has 0 fully saturated rings. The molecule has 0 atom stereocenters. The summed E-state index contributed by atoms with van der Waals surface area (Å²) in [6, 6.07) is 151. The Balaban J connectivity index is 0.000000118. The van der Waals surface area contributed by atoms with Crippen molar-refractivity contribution in [2.24, 2.45) is 0 Å². The molecular weight excluding hydrogens is 1500 g/mol. The molecule has 3 aromatic heterocycles. The van der Waals surface area contributed by atoms with E-state index in [4.69, 9.17) is 11.4 Å². The maximum absolute atomic E-state index is 6.41. The average Bonchev–Trinajstić information content (AvgIpc) is 0.696. The highest BCUT2D eigenvalue weighted by molar-refractivity contribution is 6.40. The van der Waals surface area contributed by atoms with Crippen LogP contribution in [0.1, 0.15) is 12.8 Å². The Labute approximate surface area is 713 Å². The predicted octanol–water partition coefficient (Wildman–Crippen LogP) is 28.5. The quantitative estimate of drug-likeness (QED) is 0.0660. The predicted molar refractivity (Wildman–Crippen MR) is 510 cm³/mol. The van der Waals surface area contributed by atoms with Crippen molar-refractivity contribution in [3.8, 4) is 72.9 Å². The Morgan fingerprint density at radius 1 is 0.213 bits per heavy atom. The largest absolute Gasteiger partial charge is 1.20 e. The van der Waals surface area contributed by atoms with E-state index in [1.807, 2.05) is 91.0 Å². The summed E-state index contributed by atoms with van der Waals surface area (Å²) in [7, 11) is 0. The third-order valence-corrected chi connectivity index (χ3v) is 24.1. The van der Waals surface area contributed by atoms with Crippen LogP contribution in [0.5, 0.6) is 17.2 Å². The molecular formula is C113H80AlN5O3. The Bertz CT molecular complexity index is 6940. The first kappa shape index (κ1) is 75.3. The second kappa shape index (κ2) is 34.6. The SMILES string of the molecule is C1=c2c(-c3ccccc3)c3c(-c4ccccc4)c4ccccc4c(-c4ccccc4)c3c(-c3ccccc3)c2=CCC1.c1ccc(N(c2ccc(-c3ccc(N(c4ccccc4)c4cccc5ccccc45)cc3)cc2)c2cccc3ccccc23)cc1.c1cnc2c([O][Al]([O]c3cccc4cccnc34)[O]c3cccc4cccnc34)cccc2c1. The second-order valence-electron chi connectivity index (χ2n) is 30.1. The van der Waals surface area contributed by atoms with Gasteiger partial charge in [0, 0.05) is 68.3 Å². The molecule has 1 aliphatic carbocycles. The number of pyridine rings is 3. The van der Waals surface area contributed by atoms with E-state index in [-0.39, 0.29) is 0 Å². The van der Waals surface area contributed by atoms with Crippen molar-refractivity contribution >= 4 is 137 Å². The number of hydrogen-bond donors (Lipinski definition) is 0. The maximum atomic E-state index is 6.41. The topological polar surface area (TPSA) is 72.8 Å². The summed E-state index contributed by atoms with van der Waals surface area (Å²) in [4.78, 5) is 18.2. The molecule has 21 aromatic rings. The summed E-state index contributed by atoms with van der Waals surface area (Å²) in [6.07, 6.45) is 12.3. The van der Waals surface area contributed by atoms with E-state index in [1.54, 1.807) is 18.6 Å². The zero-order valence-electron chi connectivity index (χ0n) is 66.8. The summed E-state index contributed by atoms with van der Waals surface area (Å²) in [5.41, 5.74) is 21.7. The van der Waals surface area contributed by atoms with Gasteiger partial charge < -0.3 is 21.2 Å². The van der Waals surface area contributed by atoms with Crippen molar-refractivity contribution in [3.63, 3.8) is 0 Å². The molecule has 8 nitrogen and oxygen atoms in total. The highest BCUT2D eigenvalue weighted by atomic mass is 27.3. The normalized spacial score (nSPS) is 11.5. The van der Waals surface area contributed by atoms with E-state index in [0.717, 1.165) is 79.7 Å². The molecule has 0 saturated carbocycles. The van der Waals surface area contributed by atoms with E-state index in [2.05, 4.69) is 377 Å². The molecule has 0 unspecified atom stereocenters. The summed E-state index contributed by atoms with van der Waals surface area (Å²) in [5.74, 6) is 1.82. The van der Waals surface area contributed by atoms with Gasteiger partial charge in [-0.15, -0.1) is 0 Å². The molecule has 18 aromatic carbocycles. The van der Waals surface area contributed by atoms with Crippen LogP contribution in [0.2, 0.25) is 0 Å². The lowest BCUT2D eigenvalue weighted by Crippen LogP contribution is -2.37. The van der Waals surface area contributed by atoms with E-state index in [0.29, 0.717) is 17.2 Å². The van der Waals surface area contributed by atoms with Crippen LogP contribution < -0.4 is 31.6 Å². The lowest BCUT2D eigenvalue weighted by molar-refractivity contribution is 0.311. The van der Waals surface area contributed by atoms with Gasteiger partial charge in [-0.25, -0.2) is 0 Å². The van der Waals surface area contributed by atoms with Gasteiger partial charge in [-0.1, -0.05) is 346 Å². The van der Waals surface area contributed by atoms with E-state index in [9.17, 15) is 0 Å². The monoisotopic (exact) mass is 1580 g/mol. The van der Waals surface area contributed by atoms with Crippen LogP contribution in [0.15, 0.2) is 449 Å². The molecule has 0 N–H and O–H groups in total. The molecule has 9 heteroatoms. The lowest BCUT2D eigenvalue weighted by atomic mass is 9.78. The molecule has 0 aliphatic heterocycles. The number of para-hydroxylation sites is 5. The minimum atomic E-state index is -2.86. The van der Waals surface area contributed by atoms with Crippen LogP contribution in [-0.2, 0) is 0 Å². The van der Waals surface area contributed by atoms with Gasteiger partial charge in [0.2, 0.25) is 0 Å². The first-order valence-corrected chi connectivity index (χ1v) is 42.8. The van der Waals surface area contributed by atoms with Crippen LogP contribution in [0.4, 0.5) is 34.1 Å². The zero-order valence-corrected chi connectivity index (χ0v) is 68.0. The molecule has 0 bridgehead atoms. The fourth-order valence-corrected chi connectivity index (χ4v) is 18.6. The minimum Gasteiger partial charge on any atom is -0.576 e. The van der Waals surface area contributed by atoms with Crippen molar-refractivity contribution in [2.75, 3.05) is 9.80 Å². The number of anilines is 6. The van der Waals surface area contributed by atoms with E-state index < -0.39 is 15.1 Å². The van der Waals surface area contributed by atoms with Gasteiger partial charge in [0.25, 0.3) is 0 Å². The van der Waals surface area contributed by atoms with Crippen molar-refractivity contribution in [3.05, 3.63) is 460 Å². The van der Waals surface area contributed by atoms with Gasteiger partial charge in [0.1, 0.15) is 33.8 Å². The van der Waals surface area contributed by atoms with Gasteiger partial charge in [-0.3, -0.25) is 15.0 Å². The highest BCUT2D eigenvalue weighted by Crippen LogP contribution is 2.50. The van der Waals surface area contributed by atoms with Crippen molar-refractivity contribution in [1.82, 2.24) is 15.0 Å². The molecule has 3 heterocycles. The Hall–Kier alpha value is -15.5. The summed E-state index contributed by atoms with van der Waals surface area (Å²) < 4.78 is 19.2. The lowest BCUT2D eigenvalue weighted by Gasteiger charge is -2.27. The van der Waals surface area contributed by atoms with Gasteiger partial charge >= 0.3 is 15.1 Å². The average molecular weight is 1580 g/mol. The smallest absolute Gasteiger partial charge is 0.576 e. The Morgan fingerprint density at radius 2 is 0.484 bits per heavy atom. The van der Waals surface area contributed by atoms with Gasteiger partial charge in [0.05, 0.1) is 11.4 Å². The number of rotatable bonds is 17. The summed E-state index contributed by atoms with van der Waals surface area (Å²) in [5, 5.41) is 15.8. The third-order valence-electron chi connectivity index (χ3n) is 22.7. The molecule has 22 rings (SSSR count). The second-order valence-corrected chi connectivity index (χ2v) is 31.4. The number of aromatic nitrogens is 3.